The third kappa shape index (κ3) is 3.08. The van der Waals surface area contributed by atoms with Crippen molar-refractivity contribution in [1.29, 1.82) is 5.41 Å². The molecular formula is C12H9Br2N3O. The molecule has 0 spiro atoms. The summed E-state index contributed by atoms with van der Waals surface area (Å²) in [5.74, 6) is 1.17. The van der Waals surface area contributed by atoms with Gasteiger partial charge in [0.05, 0.1) is 4.47 Å². The van der Waals surface area contributed by atoms with Crippen LogP contribution in [0.1, 0.15) is 5.69 Å². The van der Waals surface area contributed by atoms with Crippen molar-refractivity contribution in [1.82, 2.24) is 4.98 Å². The van der Waals surface area contributed by atoms with Gasteiger partial charge in [-0.3, -0.25) is 10.4 Å². The van der Waals surface area contributed by atoms with Crippen LogP contribution in [-0.2, 0) is 0 Å². The van der Waals surface area contributed by atoms with Gasteiger partial charge in [-0.2, -0.15) is 0 Å². The molecule has 92 valence electrons. The quantitative estimate of drug-likeness (QED) is 0.639. The summed E-state index contributed by atoms with van der Waals surface area (Å²) >= 11 is 6.79. The first-order valence-electron chi connectivity index (χ1n) is 4.99. The second-order valence-electron chi connectivity index (χ2n) is 3.47. The summed E-state index contributed by atoms with van der Waals surface area (Å²) in [5.41, 5.74) is 5.77. The topological polar surface area (TPSA) is 72.0 Å². The highest BCUT2D eigenvalue weighted by atomic mass is 79.9. The van der Waals surface area contributed by atoms with E-state index in [1.54, 1.807) is 18.3 Å². The van der Waals surface area contributed by atoms with Crippen molar-refractivity contribution in [3.63, 3.8) is 0 Å². The smallest absolute Gasteiger partial charge is 0.141 e. The van der Waals surface area contributed by atoms with E-state index in [2.05, 4.69) is 36.8 Å². The fourth-order valence-corrected chi connectivity index (χ4v) is 2.43. The lowest BCUT2D eigenvalue weighted by atomic mass is 10.3. The molecule has 0 unspecified atom stereocenters. The Morgan fingerprint density at radius 2 is 2.00 bits per heavy atom. The molecule has 0 amide bonds. The zero-order chi connectivity index (χ0) is 13.1. The zero-order valence-electron chi connectivity index (χ0n) is 9.15. The minimum atomic E-state index is -0.0877. The number of amidine groups is 1. The minimum absolute atomic E-state index is 0.0877. The number of nitrogen functional groups attached to an aromatic ring is 1. The number of rotatable bonds is 3. The largest absolute Gasteiger partial charge is 0.456 e. The number of nitrogens with two attached hydrogens (primary N) is 1. The molecule has 2 aromatic rings. The number of aromatic nitrogens is 1. The van der Waals surface area contributed by atoms with Gasteiger partial charge in [-0.05, 0) is 40.2 Å². The van der Waals surface area contributed by atoms with Gasteiger partial charge in [0, 0.05) is 16.7 Å². The van der Waals surface area contributed by atoms with Gasteiger partial charge in [-0.25, -0.2) is 0 Å². The van der Waals surface area contributed by atoms with Crippen LogP contribution in [0.4, 0.5) is 0 Å². The Morgan fingerprint density at radius 3 is 2.67 bits per heavy atom. The summed E-state index contributed by atoms with van der Waals surface area (Å²) in [6, 6.07) is 8.94. The van der Waals surface area contributed by atoms with Gasteiger partial charge in [-0.1, -0.05) is 15.9 Å². The van der Waals surface area contributed by atoms with Gasteiger partial charge >= 0.3 is 0 Å². The highest BCUT2D eigenvalue weighted by molar-refractivity contribution is 9.11. The van der Waals surface area contributed by atoms with Crippen LogP contribution in [0.2, 0.25) is 0 Å². The molecule has 4 nitrogen and oxygen atoms in total. The van der Waals surface area contributed by atoms with E-state index in [1.807, 2.05) is 18.2 Å². The molecule has 0 bridgehead atoms. The standard InChI is InChI=1S/C12H9Br2N3O/c13-7-1-2-11(9(14)5-7)18-8-3-4-17-10(6-8)12(15)16/h1-6H,(H3,15,16). The van der Waals surface area contributed by atoms with E-state index in [4.69, 9.17) is 15.9 Å². The first kappa shape index (κ1) is 13.0. The van der Waals surface area contributed by atoms with E-state index < -0.39 is 0 Å². The SMILES string of the molecule is N=C(N)c1cc(Oc2ccc(Br)cc2Br)ccn1. The maximum atomic E-state index is 7.33. The van der Waals surface area contributed by atoms with E-state index in [1.165, 1.54) is 0 Å². The van der Waals surface area contributed by atoms with E-state index >= 15 is 0 Å². The second kappa shape index (κ2) is 5.49. The van der Waals surface area contributed by atoms with Crippen LogP contribution >= 0.6 is 31.9 Å². The van der Waals surface area contributed by atoms with Crippen LogP contribution < -0.4 is 10.5 Å². The molecule has 1 heterocycles. The van der Waals surface area contributed by atoms with Crippen molar-refractivity contribution in [2.45, 2.75) is 0 Å². The predicted octanol–water partition coefficient (Wildman–Crippen LogP) is 3.68. The van der Waals surface area contributed by atoms with Crippen molar-refractivity contribution in [3.05, 3.63) is 51.2 Å². The van der Waals surface area contributed by atoms with Crippen molar-refractivity contribution >= 4 is 37.7 Å². The Morgan fingerprint density at radius 1 is 1.22 bits per heavy atom. The van der Waals surface area contributed by atoms with Crippen molar-refractivity contribution < 1.29 is 4.74 Å². The maximum Gasteiger partial charge on any atom is 0.141 e. The summed E-state index contributed by atoms with van der Waals surface area (Å²) in [4.78, 5) is 3.97. The molecule has 0 aliphatic carbocycles. The molecule has 0 saturated carbocycles. The normalized spacial score (nSPS) is 10.1. The minimum Gasteiger partial charge on any atom is -0.456 e. The molecule has 18 heavy (non-hydrogen) atoms. The fraction of sp³-hybridized carbons (Fsp3) is 0. The Labute approximate surface area is 121 Å². The highest BCUT2D eigenvalue weighted by Crippen LogP contribution is 2.31. The molecule has 0 aliphatic heterocycles. The Balaban J connectivity index is 2.28. The van der Waals surface area contributed by atoms with Gasteiger partial charge in [0.15, 0.2) is 0 Å². The molecule has 2 rings (SSSR count). The first-order chi connectivity index (χ1) is 8.56. The lowest BCUT2D eigenvalue weighted by Crippen LogP contribution is -2.12. The predicted molar refractivity (Wildman–Crippen MR) is 77.2 cm³/mol. The number of hydrogen-bond donors (Lipinski definition) is 2. The number of nitrogens with one attached hydrogen (secondary N) is 1. The molecule has 1 aromatic carbocycles. The van der Waals surface area contributed by atoms with Gasteiger partial charge in [-0.15, -0.1) is 0 Å². The molecule has 6 heteroatoms. The van der Waals surface area contributed by atoms with Crippen LogP contribution in [0, 0.1) is 5.41 Å². The molecule has 0 aliphatic rings. The molecule has 0 fully saturated rings. The van der Waals surface area contributed by atoms with Gasteiger partial charge in [0.2, 0.25) is 0 Å². The number of benzene rings is 1. The molecule has 3 N–H and O–H groups in total. The molecule has 0 saturated heterocycles. The molecule has 0 atom stereocenters. The Hall–Kier alpha value is -1.40. The average Bonchev–Trinajstić information content (AvgIpc) is 2.33. The third-order valence-electron chi connectivity index (χ3n) is 2.13. The second-order valence-corrected chi connectivity index (χ2v) is 5.24. The summed E-state index contributed by atoms with van der Waals surface area (Å²) in [7, 11) is 0. The van der Waals surface area contributed by atoms with E-state index in [-0.39, 0.29) is 5.84 Å². The lowest BCUT2D eigenvalue weighted by Gasteiger charge is -2.08. The number of hydrogen-bond acceptors (Lipinski definition) is 3. The van der Waals surface area contributed by atoms with E-state index in [0.717, 1.165) is 8.95 Å². The Kier molecular flexibility index (Phi) is 3.98. The number of nitrogens with zero attached hydrogens (tertiary/aromatic N) is 1. The van der Waals surface area contributed by atoms with E-state index in [0.29, 0.717) is 17.2 Å². The summed E-state index contributed by atoms with van der Waals surface area (Å²) in [6.45, 7) is 0. The third-order valence-corrected chi connectivity index (χ3v) is 3.24. The summed E-state index contributed by atoms with van der Waals surface area (Å²) in [6.07, 6.45) is 1.55. The van der Waals surface area contributed by atoms with Gasteiger partial charge < -0.3 is 10.5 Å². The van der Waals surface area contributed by atoms with Crippen molar-refractivity contribution in [3.8, 4) is 11.5 Å². The number of pyridine rings is 1. The summed E-state index contributed by atoms with van der Waals surface area (Å²) in [5, 5.41) is 7.33. The number of halogens is 2. The molecular weight excluding hydrogens is 362 g/mol. The number of ether oxygens (including phenoxy) is 1. The van der Waals surface area contributed by atoms with E-state index in [9.17, 15) is 0 Å². The monoisotopic (exact) mass is 369 g/mol. The van der Waals surface area contributed by atoms with Crippen LogP contribution in [0.25, 0.3) is 0 Å². The maximum absolute atomic E-state index is 7.33. The summed E-state index contributed by atoms with van der Waals surface area (Å²) < 4.78 is 7.49. The van der Waals surface area contributed by atoms with Crippen LogP contribution in [0.3, 0.4) is 0 Å². The first-order valence-corrected chi connectivity index (χ1v) is 6.58. The van der Waals surface area contributed by atoms with Crippen molar-refractivity contribution in [2.75, 3.05) is 0 Å². The van der Waals surface area contributed by atoms with Crippen LogP contribution in [0.5, 0.6) is 11.5 Å². The zero-order valence-corrected chi connectivity index (χ0v) is 12.3. The van der Waals surface area contributed by atoms with Gasteiger partial charge in [0.25, 0.3) is 0 Å². The average molecular weight is 371 g/mol. The van der Waals surface area contributed by atoms with Crippen LogP contribution in [0.15, 0.2) is 45.5 Å². The van der Waals surface area contributed by atoms with Crippen LogP contribution in [-0.4, -0.2) is 10.8 Å². The fourth-order valence-electron chi connectivity index (χ4n) is 1.31. The Bertz CT molecular complexity index is 602. The van der Waals surface area contributed by atoms with Gasteiger partial charge in [0.1, 0.15) is 23.0 Å². The highest BCUT2D eigenvalue weighted by Gasteiger charge is 2.05. The molecule has 0 radical (unpaired) electrons. The van der Waals surface area contributed by atoms with Crippen molar-refractivity contribution in [2.24, 2.45) is 5.73 Å². The lowest BCUT2D eigenvalue weighted by molar-refractivity contribution is 0.478. The molecule has 1 aromatic heterocycles.